The van der Waals surface area contributed by atoms with Crippen molar-refractivity contribution in [2.45, 2.75) is 12.8 Å². The zero-order valence-electron chi connectivity index (χ0n) is 16.0. The van der Waals surface area contributed by atoms with E-state index < -0.39 is 10.8 Å². The summed E-state index contributed by atoms with van der Waals surface area (Å²) >= 11 is 0. The number of fused-ring (bicyclic) bond motifs is 3. The van der Waals surface area contributed by atoms with E-state index in [4.69, 9.17) is 9.47 Å². The standard InChI is InChI=1S/C22H20N2O5/c1-3-28-16-9-5-14(6-10-16)19-20-17-12-15(25)8-4-13(17)7-11-18(20)29-22(23-2)21(19)24(26)27/h4-12,19,23,25H,3H2,1-2H3. The van der Waals surface area contributed by atoms with Crippen molar-refractivity contribution < 1.29 is 19.5 Å². The van der Waals surface area contributed by atoms with E-state index in [2.05, 4.69) is 5.32 Å². The lowest BCUT2D eigenvalue weighted by molar-refractivity contribution is -0.432. The fourth-order valence-electron chi connectivity index (χ4n) is 3.74. The Labute approximate surface area is 167 Å². The van der Waals surface area contributed by atoms with Crippen molar-refractivity contribution in [3.63, 3.8) is 0 Å². The molecule has 29 heavy (non-hydrogen) atoms. The molecule has 0 aliphatic carbocycles. The number of rotatable bonds is 5. The summed E-state index contributed by atoms with van der Waals surface area (Å²) in [6.07, 6.45) is 0. The van der Waals surface area contributed by atoms with Gasteiger partial charge in [0.25, 0.3) is 5.88 Å². The summed E-state index contributed by atoms with van der Waals surface area (Å²) in [7, 11) is 1.59. The van der Waals surface area contributed by atoms with Crippen molar-refractivity contribution >= 4 is 10.8 Å². The summed E-state index contributed by atoms with van der Waals surface area (Å²) in [5, 5.41) is 26.5. The monoisotopic (exact) mass is 392 g/mol. The maximum Gasteiger partial charge on any atom is 0.317 e. The number of nitro groups is 1. The highest BCUT2D eigenvalue weighted by molar-refractivity contribution is 5.90. The van der Waals surface area contributed by atoms with Crippen LogP contribution < -0.4 is 14.8 Å². The number of hydrogen-bond acceptors (Lipinski definition) is 6. The molecule has 0 spiro atoms. The number of aromatic hydroxyl groups is 1. The maximum atomic E-state index is 12.0. The predicted molar refractivity (Wildman–Crippen MR) is 109 cm³/mol. The van der Waals surface area contributed by atoms with Gasteiger partial charge in [0.1, 0.15) is 23.2 Å². The van der Waals surface area contributed by atoms with Gasteiger partial charge in [-0.05, 0) is 53.6 Å². The van der Waals surface area contributed by atoms with Gasteiger partial charge in [-0.15, -0.1) is 0 Å². The fourth-order valence-corrected chi connectivity index (χ4v) is 3.74. The SMILES string of the molecule is CCOc1ccc(C2C([N+](=O)[O-])=C(NC)Oc3ccc4ccc(O)cc4c32)cc1. The lowest BCUT2D eigenvalue weighted by Crippen LogP contribution is -2.28. The minimum atomic E-state index is -0.683. The largest absolute Gasteiger partial charge is 0.508 e. The van der Waals surface area contributed by atoms with E-state index in [0.29, 0.717) is 29.1 Å². The summed E-state index contributed by atoms with van der Waals surface area (Å²) in [5.74, 6) is 0.706. The quantitative estimate of drug-likeness (QED) is 0.501. The number of hydrogen-bond donors (Lipinski definition) is 2. The molecular formula is C22H20N2O5. The summed E-state index contributed by atoms with van der Waals surface area (Å²) in [6.45, 7) is 2.43. The van der Waals surface area contributed by atoms with Gasteiger partial charge < -0.3 is 19.9 Å². The fraction of sp³-hybridized carbons (Fsp3) is 0.182. The molecule has 0 bridgehead atoms. The van der Waals surface area contributed by atoms with Gasteiger partial charge in [0, 0.05) is 12.6 Å². The van der Waals surface area contributed by atoms with Crippen LogP contribution in [0.2, 0.25) is 0 Å². The van der Waals surface area contributed by atoms with Crippen molar-refractivity contribution in [2.75, 3.05) is 13.7 Å². The molecule has 1 atom stereocenters. The van der Waals surface area contributed by atoms with Crippen LogP contribution in [0.15, 0.2) is 66.2 Å². The van der Waals surface area contributed by atoms with Crippen LogP contribution in [-0.4, -0.2) is 23.7 Å². The Bertz CT molecular complexity index is 1120. The van der Waals surface area contributed by atoms with Crippen molar-refractivity contribution in [3.05, 3.63) is 87.4 Å². The van der Waals surface area contributed by atoms with Crippen LogP contribution in [0.3, 0.4) is 0 Å². The Morgan fingerprint density at radius 2 is 1.90 bits per heavy atom. The molecule has 1 unspecified atom stereocenters. The molecule has 1 aliphatic rings. The molecule has 7 nitrogen and oxygen atoms in total. The highest BCUT2D eigenvalue weighted by Crippen LogP contribution is 2.46. The third-order valence-corrected chi connectivity index (χ3v) is 4.96. The van der Waals surface area contributed by atoms with Crippen molar-refractivity contribution in [3.8, 4) is 17.2 Å². The van der Waals surface area contributed by atoms with Gasteiger partial charge in [-0.2, -0.15) is 0 Å². The smallest absolute Gasteiger partial charge is 0.317 e. The molecule has 0 amide bonds. The number of phenolic OH excluding ortho intramolecular Hbond substituents is 1. The molecule has 0 aromatic heterocycles. The lowest BCUT2D eigenvalue weighted by atomic mass is 9.83. The predicted octanol–water partition coefficient (Wildman–Crippen LogP) is 4.13. The molecule has 0 fully saturated rings. The molecule has 3 aromatic carbocycles. The van der Waals surface area contributed by atoms with Crippen LogP contribution in [0.25, 0.3) is 10.8 Å². The number of nitrogens with one attached hydrogen (secondary N) is 1. The third kappa shape index (κ3) is 3.20. The molecule has 4 rings (SSSR count). The van der Waals surface area contributed by atoms with Crippen LogP contribution in [-0.2, 0) is 0 Å². The molecule has 3 aromatic rings. The van der Waals surface area contributed by atoms with Gasteiger partial charge in [0.15, 0.2) is 0 Å². The molecule has 0 saturated carbocycles. The highest BCUT2D eigenvalue weighted by Gasteiger charge is 2.40. The number of nitrogens with zero attached hydrogens (tertiary/aromatic N) is 1. The topological polar surface area (TPSA) is 93.9 Å². The first-order valence-electron chi connectivity index (χ1n) is 9.26. The third-order valence-electron chi connectivity index (χ3n) is 4.96. The number of ether oxygens (including phenoxy) is 2. The molecule has 1 heterocycles. The highest BCUT2D eigenvalue weighted by atomic mass is 16.6. The van der Waals surface area contributed by atoms with Crippen LogP contribution in [0.4, 0.5) is 0 Å². The normalized spacial score (nSPS) is 15.6. The number of benzene rings is 3. The molecule has 148 valence electrons. The minimum absolute atomic E-state index is 0.0833. The minimum Gasteiger partial charge on any atom is -0.508 e. The first kappa shape index (κ1) is 18.6. The molecule has 0 radical (unpaired) electrons. The average molecular weight is 392 g/mol. The van der Waals surface area contributed by atoms with Crippen molar-refractivity contribution in [1.82, 2.24) is 5.32 Å². The Morgan fingerprint density at radius 1 is 1.17 bits per heavy atom. The van der Waals surface area contributed by atoms with E-state index in [0.717, 1.165) is 10.9 Å². The van der Waals surface area contributed by atoms with Gasteiger partial charge in [-0.1, -0.05) is 24.3 Å². The number of phenols is 1. The zero-order valence-corrected chi connectivity index (χ0v) is 16.0. The van der Waals surface area contributed by atoms with Crippen molar-refractivity contribution in [2.24, 2.45) is 0 Å². The van der Waals surface area contributed by atoms with Crippen LogP contribution in [0.1, 0.15) is 24.0 Å². The Hall–Kier alpha value is -3.74. The van der Waals surface area contributed by atoms with E-state index in [1.165, 1.54) is 0 Å². The Balaban J connectivity index is 2.00. The molecule has 7 heteroatoms. The lowest BCUT2D eigenvalue weighted by Gasteiger charge is -2.27. The summed E-state index contributed by atoms with van der Waals surface area (Å²) in [5.41, 5.74) is 1.29. The zero-order chi connectivity index (χ0) is 20.5. The van der Waals surface area contributed by atoms with E-state index in [9.17, 15) is 15.2 Å². The van der Waals surface area contributed by atoms with Crippen molar-refractivity contribution in [1.29, 1.82) is 0 Å². The average Bonchev–Trinajstić information content (AvgIpc) is 2.72. The van der Waals surface area contributed by atoms with Crippen LogP contribution in [0.5, 0.6) is 17.2 Å². The first-order valence-corrected chi connectivity index (χ1v) is 9.26. The molecule has 2 N–H and O–H groups in total. The Morgan fingerprint density at radius 3 is 2.55 bits per heavy atom. The molecule has 0 saturated heterocycles. The van der Waals surface area contributed by atoms with Crippen LogP contribution >= 0.6 is 0 Å². The second-order valence-corrected chi connectivity index (χ2v) is 6.64. The summed E-state index contributed by atoms with van der Waals surface area (Å²) < 4.78 is 11.3. The second kappa shape index (κ2) is 7.35. The van der Waals surface area contributed by atoms with E-state index in [1.54, 1.807) is 43.4 Å². The maximum absolute atomic E-state index is 12.0. The van der Waals surface area contributed by atoms with Gasteiger partial charge in [0.2, 0.25) is 0 Å². The molecule has 1 aliphatic heterocycles. The van der Waals surface area contributed by atoms with E-state index >= 15 is 0 Å². The van der Waals surface area contributed by atoms with Gasteiger partial charge in [-0.25, -0.2) is 0 Å². The summed E-state index contributed by atoms with van der Waals surface area (Å²) in [4.78, 5) is 11.6. The van der Waals surface area contributed by atoms with Gasteiger partial charge in [-0.3, -0.25) is 10.1 Å². The van der Waals surface area contributed by atoms with E-state index in [-0.39, 0.29) is 17.3 Å². The Kier molecular flexibility index (Phi) is 4.72. The van der Waals surface area contributed by atoms with Crippen LogP contribution in [0, 0.1) is 10.1 Å². The first-order chi connectivity index (χ1) is 14.0. The van der Waals surface area contributed by atoms with Gasteiger partial charge in [0.05, 0.1) is 11.5 Å². The summed E-state index contributed by atoms with van der Waals surface area (Å²) in [6, 6.07) is 15.9. The van der Waals surface area contributed by atoms with Gasteiger partial charge >= 0.3 is 5.70 Å². The number of allylic oxidation sites excluding steroid dienone is 1. The molecular weight excluding hydrogens is 372 g/mol. The second-order valence-electron chi connectivity index (χ2n) is 6.64. The van der Waals surface area contributed by atoms with E-state index in [1.807, 2.05) is 25.1 Å².